The van der Waals surface area contributed by atoms with E-state index in [0.29, 0.717) is 22.7 Å². The summed E-state index contributed by atoms with van der Waals surface area (Å²) in [6.45, 7) is 0. The molecule has 0 aliphatic carbocycles. The maximum absolute atomic E-state index is 13.9. The first kappa shape index (κ1) is 21.8. The molecule has 0 radical (unpaired) electrons. The van der Waals surface area contributed by atoms with E-state index in [9.17, 15) is 18.0 Å². The number of para-hydroxylation sites is 1. The number of thioether (sulfide) groups is 1. The molecule has 10 heteroatoms. The third-order valence-electron chi connectivity index (χ3n) is 5.09. The molecule has 0 atom stereocenters. The fourth-order valence-corrected chi connectivity index (χ4v) is 4.28. The van der Waals surface area contributed by atoms with E-state index in [1.807, 2.05) is 30.5 Å². The Bertz CT molecular complexity index is 1500. The molecule has 0 unspecified atom stereocenters. The van der Waals surface area contributed by atoms with Crippen LogP contribution in [0.1, 0.15) is 0 Å². The Kier molecular flexibility index (Phi) is 5.81. The minimum Gasteiger partial charge on any atom is -0.360 e. The average Bonchev–Trinajstić information content (AvgIpc) is 3.44. The predicted molar refractivity (Wildman–Crippen MR) is 124 cm³/mol. The van der Waals surface area contributed by atoms with Crippen molar-refractivity contribution in [3.05, 3.63) is 90.4 Å². The Morgan fingerprint density at radius 3 is 2.53 bits per heavy atom. The number of hydrogen-bond donors (Lipinski definition) is 2. The fourth-order valence-electron chi connectivity index (χ4n) is 3.52. The molecule has 0 saturated carbocycles. The molecule has 0 aliphatic rings. The zero-order valence-corrected chi connectivity index (χ0v) is 18.2. The van der Waals surface area contributed by atoms with Gasteiger partial charge in [0.15, 0.2) is 11.0 Å². The Hall–Kier alpha value is -4.05. The number of amides is 1. The molecule has 0 fully saturated rings. The van der Waals surface area contributed by atoms with Crippen LogP contribution in [-0.2, 0) is 4.79 Å². The average molecular weight is 479 g/mol. The van der Waals surface area contributed by atoms with Crippen LogP contribution in [0.2, 0.25) is 0 Å². The molecular formula is C24H16F3N5OS. The smallest absolute Gasteiger partial charge is 0.234 e. The Morgan fingerprint density at radius 2 is 1.74 bits per heavy atom. The van der Waals surface area contributed by atoms with Crippen molar-refractivity contribution in [2.45, 2.75) is 5.16 Å². The summed E-state index contributed by atoms with van der Waals surface area (Å²) >= 11 is 1.08. The monoisotopic (exact) mass is 479 g/mol. The summed E-state index contributed by atoms with van der Waals surface area (Å²) in [6.07, 6.45) is 1.81. The number of halogens is 3. The van der Waals surface area contributed by atoms with Crippen molar-refractivity contribution in [3.63, 3.8) is 0 Å². The van der Waals surface area contributed by atoms with Gasteiger partial charge < -0.3 is 10.3 Å². The van der Waals surface area contributed by atoms with Crippen molar-refractivity contribution in [1.82, 2.24) is 19.7 Å². The van der Waals surface area contributed by atoms with Crippen LogP contribution in [-0.4, -0.2) is 31.4 Å². The zero-order valence-electron chi connectivity index (χ0n) is 17.4. The van der Waals surface area contributed by atoms with Gasteiger partial charge in [-0.25, -0.2) is 13.2 Å². The normalized spacial score (nSPS) is 11.1. The minimum atomic E-state index is -0.866. The molecule has 5 rings (SSSR count). The number of anilines is 1. The van der Waals surface area contributed by atoms with Gasteiger partial charge in [0.2, 0.25) is 5.91 Å². The van der Waals surface area contributed by atoms with E-state index in [0.717, 1.165) is 40.4 Å². The molecule has 2 aromatic heterocycles. The van der Waals surface area contributed by atoms with E-state index in [1.165, 1.54) is 12.1 Å². The van der Waals surface area contributed by atoms with Gasteiger partial charge in [-0.15, -0.1) is 10.2 Å². The van der Waals surface area contributed by atoms with Crippen LogP contribution in [0.4, 0.5) is 18.9 Å². The van der Waals surface area contributed by atoms with Crippen molar-refractivity contribution >= 4 is 34.3 Å². The van der Waals surface area contributed by atoms with Gasteiger partial charge in [0, 0.05) is 34.4 Å². The Labute approximate surface area is 195 Å². The van der Waals surface area contributed by atoms with Gasteiger partial charge >= 0.3 is 0 Å². The molecule has 1 amide bonds. The lowest BCUT2D eigenvalue weighted by atomic mass is 10.1. The quantitative estimate of drug-likeness (QED) is 0.313. The molecule has 34 heavy (non-hydrogen) atoms. The number of carbonyl (C=O) groups excluding carboxylic acids is 1. The number of hydrogen-bond acceptors (Lipinski definition) is 4. The highest BCUT2D eigenvalue weighted by molar-refractivity contribution is 7.99. The maximum Gasteiger partial charge on any atom is 0.234 e. The minimum absolute atomic E-state index is 0.107. The number of rotatable bonds is 6. The number of nitrogens with zero attached hydrogens (tertiary/aromatic N) is 3. The van der Waals surface area contributed by atoms with Crippen molar-refractivity contribution in [3.8, 4) is 17.1 Å². The van der Waals surface area contributed by atoms with E-state index in [1.54, 1.807) is 16.7 Å². The lowest BCUT2D eigenvalue weighted by molar-refractivity contribution is -0.113. The van der Waals surface area contributed by atoms with Crippen LogP contribution in [0.25, 0.3) is 28.0 Å². The first-order chi connectivity index (χ1) is 16.5. The number of H-pyrrole nitrogens is 1. The van der Waals surface area contributed by atoms with Gasteiger partial charge in [-0.1, -0.05) is 30.0 Å². The molecule has 0 saturated heterocycles. The number of benzene rings is 3. The molecule has 170 valence electrons. The maximum atomic E-state index is 13.9. The van der Waals surface area contributed by atoms with E-state index in [4.69, 9.17) is 0 Å². The predicted octanol–water partition coefficient (Wildman–Crippen LogP) is 5.56. The van der Waals surface area contributed by atoms with Crippen LogP contribution < -0.4 is 5.32 Å². The number of fused-ring (bicyclic) bond motifs is 1. The highest BCUT2D eigenvalue weighted by Crippen LogP contribution is 2.32. The number of nitrogens with one attached hydrogen (secondary N) is 2. The molecule has 2 N–H and O–H groups in total. The van der Waals surface area contributed by atoms with Crippen LogP contribution >= 0.6 is 11.8 Å². The second-order valence-corrected chi connectivity index (χ2v) is 8.27. The largest absolute Gasteiger partial charge is 0.360 e. The van der Waals surface area contributed by atoms with Gasteiger partial charge in [-0.05, 0) is 42.5 Å². The lowest BCUT2D eigenvalue weighted by Crippen LogP contribution is -2.15. The molecule has 0 spiro atoms. The molecule has 5 aromatic rings. The van der Waals surface area contributed by atoms with Crippen molar-refractivity contribution in [2.24, 2.45) is 0 Å². The molecule has 0 aliphatic heterocycles. The SMILES string of the molecule is O=C(CSc1nnc(-c2c[nH]c3ccccc23)n1-c1ccc(F)cc1)Nc1ccc(F)cc1F. The van der Waals surface area contributed by atoms with E-state index >= 15 is 0 Å². The molecule has 2 heterocycles. The van der Waals surface area contributed by atoms with Crippen molar-refractivity contribution in [1.29, 1.82) is 0 Å². The summed E-state index contributed by atoms with van der Waals surface area (Å²) < 4.78 is 42.3. The summed E-state index contributed by atoms with van der Waals surface area (Å²) in [5, 5.41) is 12.3. The third-order valence-corrected chi connectivity index (χ3v) is 6.01. The highest BCUT2D eigenvalue weighted by Gasteiger charge is 2.20. The highest BCUT2D eigenvalue weighted by atomic mass is 32.2. The van der Waals surface area contributed by atoms with Crippen molar-refractivity contribution in [2.75, 3.05) is 11.1 Å². The molecule has 6 nitrogen and oxygen atoms in total. The summed E-state index contributed by atoms with van der Waals surface area (Å²) in [5.74, 6) is -2.09. The Balaban J connectivity index is 1.46. The van der Waals surface area contributed by atoms with E-state index in [-0.39, 0.29) is 17.3 Å². The second kappa shape index (κ2) is 9.06. The molecule has 3 aromatic carbocycles. The summed E-state index contributed by atoms with van der Waals surface area (Å²) in [5.41, 5.74) is 2.20. The van der Waals surface area contributed by atoms with Gasteiger partial charge in [-0.3, -0.25) is 9.36 Å². The van der Waals surface area contributed by atoms with Crippen LogP contribution in [0.3, 0.4) is 0 Å². The fraction of sp³-hybridized carbons (Fsp3) is 0.0417. The van der Waals surface area contributed by atoms with Crippen molar-refractivity contribution < 1.29 is 18.0 Å². The van der Waals surface area contributed by atoms with Crippen LogP contribution in [0, 0.1) is 17.5 Å². The number of carbonyl (C=O) groups is 1. The van der Waals surface area contributed by atoms with E-state index in [2.05, 4.69) is 20.5 Å². The van der Waals surface area contributed by atoms with Gasteiger partial charge in [0.1, 0.15) is 17.5 Å². The van der Waals surface area contributed by atoms with E-state index < -0.39 is 17.5 Å². The first-order valence-electron chi connectivity index (χ1n) is 10.1. The second-order valence-electron chi connectivity index (χ2n) is 7.33. The van der Waals surface area contributed by atoms with Crippen LogP contribution in [0.15, 0.2) is 78.1 Å². The Morgan fingerprint density at radius 1 is 0.971 bits per heavy atom. The summed E-state index contributed by atoms with van der Waals surface area (Å²) in [4.78, 5) is 15.6. The zero-order chi connectivity index (χ0) is 23.7. The molecule has 0 bridgehead atoms. The van der Waals surface area contributed by atoms with Crippen LogP contribution in [0.5, 0.6) is 0 Å². The van der Waals surface area contributed by atoms with Gasteiger partial charge in [0.25, 0.3) is 0 Å². The molecular weight excluding hydrogens is 463 g/mol. The first-order valence-corrected chi connectivity index (χ1v) is 11.1. The standard InChI is InChI=1S/C24H16F3N5OS/c25-14-5-8-16(9-6-14)32-23(18-12-28-20-4-2-1-3-17(18)20)30-31-24(32)34-13-22(33)29-21-10-7-15(26)11-19(21)27/h1-12,28H,13H2,(H,29,33). The summed E-state index contributed by atoms with van der Waals surface area (Å²) in [6, 6.07) is 16.5. The van der Waals surface area contributed by atoms with Gasteiger partial charge in [-0.2, -0.15) is 0 Å². The lowest BCUT2D eigenvalue weighted by Gasteiger charge is -2.10. The number of aromatic nitrogens is 4. The third kappa shape index (κ3) is 4.27. The summed E-state index contributed by atoms with van der Waals surface area (Å²) in [7, 11) is 0. The topological polar surface area (TPSA) is 75.6 Å². The number of aromatic amines is 1. The van der Waals surface area contributed by atoms with Gasteiger partial charge in [0.05, 0.1) is 11.4 Å².